The highest BCUT2D eigenvalue weighted by atomic mass is 16.6. The van der Waals surface area contributed by atoms with E-state index < -0.39 is 0 Å². The number of nitrogens with zero attached hydrogens (tertiary/aromatic N) is 1. The maximum absolute atomic E-state index is 13.0. The molecule has 0 bridgehead atoms. The number of unbranched alkanes of at least 4 members (excludes halogenated alkanes) is 10. The van der Waals surface area contributed by atoms with E-state index in [9.17, 15) is 4.79 Å². The molecule has 0 spiro atoms. The fourth-order valence-electron chi connectivity index (χ4n) is 5.60. The lowest BCUT2D eigenvalue weighted by Gasteiger charge is -2.32. The molecule has 2 unspecified atom stereocenters. The number of carbonyl (C=O) groups is 1. The lowest BCUT2D eigenvalue weighted by molar-refractivity contribution is -0.906. The second-order valence-electron chi connectivity index (χ2n) is 12.6. The van der Waals surface area contributed by atoms with Crippen LogP contribution in [0.1, 0.15) is 115 Å². The molecule has 0 aliphatic heterocycles. The third kappa shape index (κ3) is 15.5. The molecule has 2 aromatic carbocycles. The Morgan fingerprint density at radius 3 is 1.95 bits per heavy atom. The SMILES string of the molecule is CCCCCCCCCCCCCc1cccc(OC(CC)COC(=O)C(CC)C[N+](C)(C)Cc2ccccc2)c1. The van der Waals surface area contributed by atoms with Crippen molar-refractivity contribution in [2.75, 3.05) is 27.2 Å². The fourth-order valence-corrected chi connectivity index (χ4v) is 5.60. The molecule has 0 saturated carbocycles. The van der Waals surface area contributed by atoms with Crippen LogP contribution in [0.25, 0.3) is 0 Å². The van der Waals surface area contributed by atoms with E-state index in [-0.39, 0.29) is 18.0 Å². The van der Waals surface area contributed by atoms with Crippen molar-refractivity contribution in [3.63, 3.8) is 0 Å². The van der Waals surface area contributed by atoms with Crippen LogP contribution in [0.2, 0.25) is 0 Å². The highest BCUT2D eigenvalue weighted by Gasteiger charge is 2.28. The summed E-state index contributed by atoms with van der Waals surface area (Å²) in [6.45, 7) is 8.38. The molecule has 2 rings (SSSR count). The van der Waals surface area contributed by atoms with E-state index in [0.717, 1.165) is 42.6 Å². The number of quaternary nitrogens is 1. The molecule has 0 N–H and O–H groups in total. The Bertz CT molecular complexity index is 942. The molecule has 0 saturated heterocycles. The van der Waals surface area contributed by atoms with Crippen LogP contribution in [-0.2, 0) is 22.5 Å². The lowest BCUT2D eigenvalue weighted by atomic mass is 10.0. The molecular weight excluding hydrogens is 506 g/mol. The van der Waals surface area contributed by atoms with Crippen LogP contribution in [-0.4, -0.2) is 43.8 Å². The fraction of sp³-hybridized carbons (Fsp3) is 0.649. The minimum Gasteiger partial charge on any atom is -0.487 e. The summed E-state index contributed by atoms with van der Waals surface area (Å²) in [6, 6.07) is 18.9. The van der Waals surface area contributed by atoms with Crippen molar-refractivity contribution in [2.45, 2.75) is 123 Å². The molecule has 4 nitrogen and oxygen atoms in total. The van der Waals surface area contributed by atoms with E-state index in [1.54, 1.807) is 0 Å². The van der Waals surface area contributed by atoms with Crippen molar-refractivity contribution in [3.05, 3.63) is 65.7 Å². The van der Waals surface area contributed by atoms with Crippen LogP contribution in [0.4, 0.5) is 0 Å². The van der Waals surface area contributed by atoms with Gasteiger partial charge < -0.3 is 14.0 Å². The zero-order valence-corrected chi connectivity index (χ0v) is 27.0. The number of rotatable bonds is 23. The van der Waals surface area contributed by atoms with Gasteiger partial charge in [-0.1, -0.05) is 127 Å². The average molecular weight is 567 g/mol. The summed E-state index contributed by atoms with van der Waals surface area (Å²) in [6.07, 6.45) is 17.5. The van der Waals surface area contributed by atoms with Crippen molar-refractivity contribution in [2.24, 2.45) is 5.92 Å². The summed E-state index contributed by atoms with van der Waals surface area (Å²) in [7, 11) is 4.37. The predicted octanol–water partition coefficient (Wildman–Crippen LogP) is 9.54. The first kappa shape index (κ1) is 34.9. The molecule has 230 valence electrons. The summed E-state index contributed by atoms with van der Waals surface area (Å²) < 4.78 is 12.8. The predicted molar refractivity (Wildman–Crippen MR) is 173 cm³/mol. The smallest absolute Gasteiger partial charge is 0.314 e. The van der Waals surface area contributed by atoms with Gasteiger partial charge in [0.2, 0.25) is 0 Å². The zero-order chi connectivity index (χ0) is 29.8. The van der Waals surface area contributed by atoms with Crippen molar-refractivity contribution in [3.8, 4) is 5.75 Å². The maximum atomic E-state index is 13.0. The summed E-state index contributed by atoms with van der Waals surface area (Å²) in [5.74, 6) is 0.639. The molecule has 0 fully saturated rings. The summed E-state index contributed by atoms with van der Waals surface area (Å²) >= 11 is 0. The first-order chi connectivity index (χ1) is 19.9. The van der Waals surface area contributed by atoms with Gasteiger partial charge >= 0.3 is 5.97 Å². The van der Waals surface area contributed by atoms with Gasteiger partial charge in [0.15, 0.2) is 0 Å². The molecule has 0 aliphatic rings. The summed E-state index contributed by atoms with van der Waals surface area (Å²) in [5.41, 5.74) is 2.61. The highest BCUT2D eigenvalue weighted by molar-refractivity contribution is 5.72. The molecule has 4 heteroatoms. The quantitative estimate of drug-likeness (QED) is 0.0763. The number of ether oxygens (including phenoxy) is 2. The van der Waals surface area contributed by atoms with Gasteiger partial charge in [-0.05, 0) is 43.4 Å². The van der Waals surface area contributed by atoms with Crippen LogP contribution in [0, 0.1) is 5.92 Å². The summed E-state index contributed by atoms with van der Waals surface area (Å²) in [5, 5.41) is 0. The van der Waals surface area contributed by atoms with Crippen LogP contribution < -0.4 is 4.74 Å². The highest BCUT2D eigenvalue weighted by Crippen LogP contribution is 2.20. The van der Waals surface area contributed by atoms with E-state index in [1.165, 1.54) is 81.8 Å². The first-order valence-corrected chi connectivity index (χ1v) is 16.6. The number of carbonyl (C=O) groups excluding carboxylic acids is 1. The van der Waals surface area contributed by atoms with Crippen molar-refractivity contribution in [1.82, 2.24) is 0 Å². The molecule has 41 heavy (non-hydrogen) atoms. The van der Waals surface area contributed by atoms with Gasteiger partial charge in [-0.3, -0.25) is 4.79 Å². The molecule has 0 aliphatic carbocycles. The van der Waals surface area contributed by atoms with Gasteiger partial charge in [-0.15, -0.1) is 0 Å². The van der Waals surface area contributed by atoms with E-state index in [2.05, 4.69) is 77.3 Å². The minimum atomic E-state index is -0.138. The third-order valence-corrected chi connectivity index (χ3v) is 8.13. The van der Waals surface area contributed by atoms with Crippen LogP contribution >= 0.6 is 0 Å². The first-order valence-electron chi connectivity index (χ1n) is 16.6. The molecular formula is C37H60NO3+. The Hall–Kier alpha value is -2.33. The molecule has 0 radical (unpaired) electrons. The molecule has 2 aromatic rings. The van der Waals surface area contributed by atoms with Gasteiger partial charge in [0.25, 0.3) is 0 Å². The van der Waals surface area contributed by atoms with Gasteiger partial charge in [-0.2, -0.15) is 0 Å². The monoisotopic (exact) mass is 566 g/mol. The number of aryl methyl sites for hydroxylation is 1. The summed E-state index contributed by atoms with van der Waals surface area (Å²) in [4.78, 5) is 13.0. The number of esters is 1. The maximum Gasteiger partial charge on any atom is 0.314 e. The van der Waals surface area contributed by atoms with Gasteiger partial charge in [-0.25, -0.2) is 0 Å². The topological polar surface area (TPSA) is 35.5 Å². The van der Waals surface area contributed by atoms with Gasteiger partial charge in [0.1, 0.15) is 30.9 Å². The van der Waals surface area contributed by atoms with E-state index in [4.69, 9.17) is 9.47 Å². The van der Waals surface area contributed by atoms with Crippen molar-refractivity contribution >= 4 is 5.97 Å². The Morgan fingerprint density at radius 2 is 1.34 bits per heavy atom. The Kier molecular flexibility index (Phi) is 17.5. The molecule has 0 heterocycles. The molecule has 0 aromatic heterocycles. The van der Waals surface area contributed by atoms with Crippen LogP contribution in [0.15, 0.2) is 54.6 Å². The second kappa shape index (κ2) is 20.5. The van der Waals surface area contributed by atoms with Crippen molar-refractivity contribution in [1.29, 1.82) is 0 Å². The zero-order valence-electron chi connectivity index (χ0n) is 27.0. The van der Waals surface area contributed by atoms with Gasteiger partial charge in [0, 0.05) is 5.56 Å². The Balaban J connectivity index is 1.70. The largest absolute Gasteiger partial charge is 0.487 e. The van der Waals surface area contributed by atoms with Crippen LogP contribution in [0.3, 0.4) is 0 Å². The Labute approximate surface area is 252 Å². The molecule has 0 amide bonds. The van der Waals surface area contributed by atoms with Crippen molar-refractivity contribution < 1.29 is 18.8 Å². The average Bonchev–Trinajstić information content (AvgIpc) is 2.97. The normalized spacial score (nSPS) is 13.1. The van der Waals surface area contributed by atoms with E-state index in [1.807, 2.05) is 12.1 Å². The molecule has 2 atom stereocenters. The minimum absolute atomic E-state index is 0.112. The Morgan fingerprint density at radius 1 is 0.732 bits per heavy atom. The standard InChI is InChI=1S/C37H60NO3/c1-6-9-10-11-12-13-14-15-16-17-19-23-32-26-22-27-36(28-32)41-35(8-3)31-40-37(39)34(7-2)30-38(4,5)29-33-24-20-18-21-25-33/h18,20-22,24-28,34-35H,6-17,19,23,29-31H2,1-5H3/q+1. The number of benzene rings is 2. The second-order valence-corrected chi connectivity index (χ2v) is 12.6. The lowest BCUT2D eigenvalue weighted by Crippen LogP contribution is -2.45. The van der Waals surface area contributed by atoms with Crippen LogP contribution in [0.5, 0.6) is 5.75 Å². The third-order valence-electron chi connectivity index (χ3n) is 8.13. The van der Waals surface area contributed by atoms with Gasteiger partial charge in [0.05, 0.1) is 20.6 Å². The van der Waals surface area contributed by atoms with E-state index >= 15 is 0 Å². The number of hydrogen-bond acceptors (Lipinski definition) is 3. The number of hydrogen-bond donors (Lipinski definition) is 0. The van der Waals surface area contributed by atoms with E-state index in [0.29, 0.717) is 6.61 Å².